The Morgan fingerprint density at radius 3 is 2.43 bits per heavy atom. The van der Waals surface area contributed by atoms with Crippen molar-refractivity contribution in [2.24, 2.45) is 0 Å². The van der Waals surface area contributed by atoms with Crippen molar-refractivity contribution >= 4 is 23.4 Å². The van der Waals surface area contributed by atoms with Crippen molar-refractivity contribution in [3.05, 3.63) is 46.5 Å². The van der Waals surface area contributed by atoms with Crippen molar-refractivity contribution in [2.45, 2.75) is 38.8 Å². The van der Waals surface area contributed by atoms with Gasteiger partial charge < -0.3 is 5.32 Å². The van der Waals surface area contributed by atoms with E-state index in [0.29, 0.717) is 24.1 Å². The monoisotopic (exact) mass is 333 g/mol. The normalized spacial score (nSPS) is 10.7. The average Bonchev–Trinajstić information content (AvgIpc) is 2.50. The summed E-state index contributed by atoms with van der Waals surface area (Å²) in [7, 11) is 0. The highest BCUT2D eigenvalue weighted by Crippen LogP contribution is 2.18. The molecular weight excluding hydrogens is 313 g/mol. The minimum atomic E-state index is -0.324. The second-order valence-corrected chi connectivity index (χ2v) is 6.15. The molecule has 0 aliphatic carbocycles. The molecule has 0 aliphatic heterocycles. The molecule has 0 atom stereocenters. The van der Waals surface area contributed by atoms with E-state index >= 15 is 0 Å². The number of rotatable bonds is 5. The third-order valence-corrected chi connectivity index (χ3v) is 4.19. The number of halogens is 1. The van der Waals surface area contributed by atoms with E-state index in [4.69, 9.17) is 0 Å². The number of hydrogen-bond acceptors (Lipinski definition) is 4. The molecule has 0 radical (unpaired) electrons. The number of hydrogen-bond donors (Lipinski definition) is 1. The number of thioether (sulfide) groups is 1. The van der Waals surface area contributed by atoms with Crippen LogP contribution in [0.3, 0.4) is 0 Å². The van der Waals surface area contributed by atoms with E-state index in [0.717, 1.165) is 22.1 Å². The Hall–Kier alpha value is -1.95. The summed E-state index contributed by atoms with van der Waals surface area (Å²) in [5, 5.41) is 3.46. The fourth-order valence-corrected chi connectivity index (χ4v) is 2.75. The predicted octanol–water partition coefficient (Wildman–Crippen LogP) is 3.83. The quantitative estimate of drug-likeness (QED) is 0.667. The molecule has 122 valence electrons. The summed E-state index contributed by atoms with van der Waals surface area (Å²) < 4.78 is 13.5. The number of amides is 1. The Kier molecular flexibility index (Phi) is 5.71. The number of nitrogens with one attached hydrogen (secondary N) is 1. The van der Waals surface area contributed by atoms with E-state index in [1.54, 1.807) is 19.1 Å². The number of benzene rings is 1. The molecular formula is C17H20FN3OS. The maximum absolute atomic E-state index is 13.5. The van der Waals surface area contributed by atoms with E-state index in [9.17, 15) is 9.18 Å². The number of aromatic nitrogens is 2. The molecule has 6 heteroatoms. The van der Waals surface area contributed by atoms with Gasteiger partial charge in [0.15, 0.2) is 5.16 Å². The minimum Gasteiger partial charge on any atom is -0.326 e. The van der Waals surface area contributed by atoms with Gasteiger partial charge in [-0.15, -0.1) is 0 Å². The van der Waals surface area contributed by atoms with Gasteiger partial charge in [-0.25, -0.2) is 14.4 Å². The highest BCUT2D eigenvalue weighted by Gasteiger charge is 2.11. The first-order valence-electron chi connectivity index (χ1n) is 7.35. The lowest BCUT2D eigenvalue weighted by atomic mass is 10.1. The summed E-state index contributed by atoms with van der Waals surface area (Å²) in [4.78, 5) is 20.9. The first-order valence-corrected chi connectivity index (χ1v) is 8.57. The van der Waals surface area contributed by atoms with Crippen LogP contribution in [0.5, 0.6) is 0 Å². The lowest BCUT2D eigenvalue weighted by Gasteiger charge is -2.10. The summed E-state index contributed by atoms with van der Waals surface area (Å²) in [6.45, 7) is 5.54. The molecule has 0 saturated carbocycles. The van der Waals surface area contributed by atoms with Gasteiger partial charge in [0.05, 0.1) is 0 Å². The van der Waals surface area contributed by atoms with Crippen molar-refractivity contribution in [1.29, 1.82) is 0 Å². The van der Waals surface area contributed by atoms with Crippen LogP contribution in [0.15, 0.2) is 23.4 Å². The number of carbonyl (C=O) groups excluding carboxylic acids is 1. The van der Waals surface area contributed by atoms with Gasteiger partial charge >= 0.3 is 0 Å². The van der Waals surface area contributed by atoms with Gasteiger partial charge in [0.25, 0.3) is 0 Å². The van der Waals surface area contributed by atoms with Gasteiger partial charge in [0.2, 0.25) is 5.91 Å². The third kappa shape index (κ3) is 4.51. The van der Waals surface area contributed by atoms with Crippen LogP contribution in [0.25, 0.3) is 0 Å². The molecule has 2 rings (SSSR count). The fourth-order valence-electron chi connectivity index (χ4n) is 2.29. The molecule has 1 amide bonds. The van der Waals surface area contributed by atoms with Crippen LogP contribution >= 0.6 is 11.8 Å². The maximum atomic E-state index is 13.5. The van der Waals surface area contributed by atoms with Crippen LogP contribution in [0.4, 0.5) is 10.1 Å². The zero-order valence-corrected chi connectivity index (χ0v) is 14.6. The Bertz CT molecular complexity index is 711. The summed E-state index contributed by atoms with van der Waals surface area (Å²) >= 11 is 1.50. The largest absolute Gasteiger partial charge is 0.326 e. The second-order valence-electron chi connectivity index (χ2n) is 5.37. The molecule has 0 unspecified atom stereocenters. The molecule has 1 heterocycles. The number of anilines is 1. The van der Waals surface area contributed by atoms with Crippen LogP contribution in [-0.2, 0) is 11.2 Å². The van der Waals surface area contributed by atoms with Gasteiger partial charge in [-0.3, -0.25) is 4.79 Å². The van der Waals surface area contributed by atoms with Gasteiger partial charge in [0.1, 0.15) is 5.82 Å². The predicted molar refractivity (Wildman–Crippen MR) is 91.4 cm³/mol. The molecule has 4 nitrogen and oxygen atoms in total. The first kappa shape index (κ1) is 17.4. The Morgan fingerprint density at radius 2 is 1.87 bits per heavy atom. The smallest absolute Gasteiger partial charge is 0.224 e. The molecule has 0 spiro atoms. The topological polar surface area (TPSA) is 54.9 Å². The van der Waals surface area contributed by atoms with E-state index in [-0.39, 0.29) is 11.7 Å². The SMILES string of the molecule is CSc1nc(C)c(CCC(=O)Nc2ccc(C)c(F)c2)c(C)n1. The van der Waals surface area contributed by atoms with E-state index < -0.39 is 0 Å². The fraction of sp³-hybridized carbons (Fsp3) is 0.353. The molecule has 0 fully saturated rings. The molecule has 1 aromatic heterocycles. The van der Waals surface area contributed by atoms with Crippen molar-refractivity contribution in [3.63, 3.8) is 0 Å². The zero-order valence-electron chi connectivity index (χ0n) is 13.7. The van der Waals surface area contributed by atoms with Crippen LogP contribution in [0.2, 0.25) is 0 Å². The van der Waals surface area contributed by atoms with Crippen LogP contribution < -0.4 is 5.32 Å². The Balaban J connectivity index is 2.00. The Labute approximate surface area is 139 Å². The van der Waals surface area contributed by atoms with E-state index in [1.807, 2.05) is 20.1 Å². The highest BCUT2D eigenvalue weighted by molar-refractivity contribution is 7.98. The van der Waals surface area contributed by atoms with Crippen molar-refractivity contribution in [1.82, 2.24) is 9.97 Å². The maximum Gasteiger partial charge on any atom is 0.224 e. The molecule has 0 aliphatic rings. The molecule has 0 bridgehead atoms. The van der Waals surface area contributed by atoms with Gasteiger partial charge in [-0.2, -0.15) is 0 Å². The van der Waals surface area contributed by atoms with Crippen molar-refractivity contribution < 1.29 is 9.18 Å². The van der Waals surface area contributed by atoms with E-state index in [1.165, 1.54) is 17.8 Å². The molecule has 1 N–H and O–H groups in total. The molecule has 2 aromatic rings. The summed E-state index contributed by atoms with van der Waals surface area (Å²) in [6.07, 6.45) is 2.80. The summed E-state index contributed by atoms with van der Waals surface area (Å²) in [5.74, 6) is -0.475. The van der Waals surface area contributed by atoms with Crippen LogP contribution in [-0.4, -0.2) is 22.1 Å². The Morgan fingerprint density at radius 1 is 1.22 bits per heavy atom. The van der Waals surface area contributed by atoms with Crippen molar-refractivity contribution in [3.8, 4) is 0 Å². The number of nitrogens with zero attached hydrogens (tertiary/aromatic N) is 2. The van der Waals surface area contributed by atoms with Gasteiger partial charge in [-0.05, 0) is 56.7 Å². The zero-order chi connectivity index (χ0) is 17.0. The third-order valence-electron chi connectivity index (χ3n) is 3.64. The summed E-state index contributed by atoms with van der Waals surface area (Å²) in [5.41, 5.74) is 3.82. The average molecular weight is 333 g/mol. The molecule has 0 saturated heterocycles. The summed E-state index contributed by atoms with van der Waals surface area (Å²) in [6, 6.07) is 4.68. The molecule has 23 heavy (non-hydrogen) atoms. The van der Waals surface area contributed by atoms with Crippen LogP contribution in [0.1, 0.15) is 28.9 Å². The second kappa shape index (κ2) is 7.55. The van der Waals surface area contributed by atoms with Crippen molar-refractivity contribution in [2.75, 3.05) is 11.6 Å². The van der Waals surface area contributed by atoms with Crippen LogP contribution in [0, 0.1) is 26.6 Å². The lowest BCUT2D eigenvalue weighted by Crippen LogP contribution is -2.14. The highest BCUT2D eigenvalue weighted by atomic mass is 32.2. The van der Waals surface area contributed by atoms with E-state index in [2.05, 4.69) is 15.3 Å². The van der Waals surface area contributed by atoms with Gasteiger partial charge in [-0.1, -0.05) is 17.8 Å². The standard InChI is InChI=1S/C17H20FN3OS/c1-10-5-6-13(9-15(10)18)21-16(22)8-7-14-11(2)19-17(23-4)20-12(14)3/h5-6,9H,7-8H2,1-4H3,(H,21,22). The minimum absolute atomic E-state index is 0.152. The molecule has 1 aromatic carbocycles. The number of carbonyl (C=O) groups is 1. The first-order chi connectivity index (χ1) is 10.9. The lowest BCUT2D eigenvalue weighted by molar-refractivity contribution is -0.116. The number of aryl methyl sites for hydroxylation is 3. The van der Waals surface area contributed by atoms with Gasteiger partial charge in [0, 0.05) is 23.5 Å².